The van der Waals surface area contributed by atoms with Gasteiger partial charge in [0.2, 0.25) is 0 Å². The van der Waals surface area contributed by atoms with Gasteiger partial charge in [-0.15, -0.1) is 0 Å². The number of aromatic nitrogens is 1. The molecule has 0 spiro atoms. The molecule has 1 aromatic carbocycles. The highest BCUT2D eigenvalue weighted by Crippen LogP contribution is 2.12. The van der Waals surface area contributed by atoms with Crippen LogP contribution in [-0.4, -0.2) is 4.98 Å². The van der Waals surface area contributed by atoms with Crippen molar-refractivity contribution in [3.63, 3.8) is 0 Å². The van der Waals surface area contributed by atoms with E-state index in [1.165, 1.54) is 18.5 Å². The first-order chi connectivity index (χ1) is 4.86. The van der Waals surface area contributed by atoms with Crippen LogP contribution in [0.2, 0.25) is 0 Å². The fourth-order valence-electron chi connectivity index (χ4n) is 0.831. The molecule has 0 bridgehead atoms. The fraction of sp³-hybridized carbons (Fsp3) is 0. The molecule has 1 aromatic heterocycles. The summed E-state index contributed by atoms with van der Waals surface area (Å²) in [7, 11) is 0. The van der Waals surface area contributed by atoms with Gasteiger partial charge in [0.25, 0.3) is 0 Å². The number of oxazole rings is 1. The average Bonchev–Trinajstić information content (AvgIpc) is 2.33. The number of benzene rings is 1. The zero-order chi connectivity index (χ0) is 6.97. The van der Waals surface area contributed by atoms with Crippen molar-refractivity contribution in [2.45, 2.75) is 0 Å². The van der Waals surface area contributed by atoms with Gasteiger partial charge in [0.05, 0.1) is 0 Å². The van der Waals surface area contributed by atoms with Crippen LogP contribution < -0.4 is 0 Å². The monoisotopic (exact) mass is 137 g/mol. The van der Waals surface area contributed by atoms with Gasteiger partial charge in [0.15, 0.2) is 12.0 Å². The molecule has 0 N–H and O–H groups in total. The van der Waals surface area contributed by atoms with Gasteiger partial charge in [-0.25, -0.2) is 9.37 Å². The zero-order valence-corrected chi connectivity index (χ0v) is 5.04. The lowest BCUT2D eigenvalue weighted by Gasteiger charge is -1.84. The van der Waals surface area contributed by atoms with Gasteiger partial charge < -0.3 is 4.42 Å². The first kappa shape index (κ1) is 5.41. The van der Waals surface area contributed by atoms with Gasteiger partial charge >= 0.3 is 0 Å². The SMILES string of the molecule is Fc1ccc2ocnc2c1. The standard InChI is InChI=1S/C7H4FNO/c8-5-1-2-7-6(3-5)9-4-10-7/h1-4H. The molecule has 0 aliphatic rings. The third-order valence-corrected chi connectivity index (χ3v) is 1.29. The minimum atomic E-state index is -0.290. The van der Waals surface area contributed by atoms with Gasteiger partial charge in [-0.2, -0.15) is 0 Å². The van der Waals surface area contributed by atoms with Crippen LogP contribution in [0.3, 0.4) is 0 Å². The fourth-order valence-corrected chi connectivity index (χ4v) is 0.831. The summed E-state index contributed by atoms with van der Waals surface area (Å²) in [5.74, 6) is -0.290. The Balaban J connectivity index is 2.86. The molecule has 0 atom stereocenters. The third-order valence-electron chi connectivity index (χ3n) is 1.29. The minimum absolute atomic E-state index is 0.290. The van der Waals surface area contributed by atoms with Crippen molar-refractivity contribution in [3.8, 4) is 0 Å². The summed E-state index contributed by atoms with van der Waals surface area (Å²) in [5.41, 5.74) is 1.17. The molecule has 1 heterocycles. The molecule has 0 aliphatic heterocycles. The van der Waals surface area contributed by atoms with Crippen LogP contribution >= 0.6 is 0 Å². The van der Waals surface area contributed by atoms with Gasteiger partial charge in [0.1, 0.15) is 11.3 Å². The van der Waals surface area contributed by atoms with Crippen molar-refractivity contribution in [2.24, 2.45) is 0 Å². The van der Waals surface area contributed by atoms with E-state index in [0.29, 0.717) is 11.1 Å². The van der Waals surface area contributed by atoms with Crippen molar-refractivity contribution in [1.29, 1.82) is 0 Å². The van der Waals surface area contributed by atoms with Crippen LogP contribution in [0, 0.1) is 5.82 Å². The van der Waals surface area contributed by atoms with E-state index >= 15 is 0 Å². The van der Waals surface area contributed by atoms with Gasteiger partial charge in [0, 0.05) is 6.07 Å². The van der Waals surface area contributed by atoms with Crippen LogP contribution in [0.1, 0.15) is 0 Å². The summed E-state index contributed by atoms with van der Waals surface area (Å²) in [4.78, 5) is 3.77. The summed E-state index contributed by atoms with van der Waals surface area (Å²) in [6.45, 7) is 0. The molecular formula is C7H4FNO. The van der Waals surface area contributed by atoms with Gasteiger partial charge in [-0.05, 0) is 12.1 Å². The quantitative estimate of drug-likeness (QED) is 0.554. The third kappa shape index (κ3) is 0.673. The summed E-state index contributed by atoms with van der Waals surface area (Å²) in [5, 5.41) is 0. The van der Waals surface area contributed by atoms with Crippen molar-refractivity contribution in [3.05, 3.63) is 30.4 Å². The Labute approximate surface area is 56.3 Å². The van der Waals surface area contributed by atoms with Crippen molar-refractivity contribution < 1.29 is 8.81 Å². The highest BCUT2D eigenvalue weighted by atomic mass is 19.1. The van der Waals surface area contributed by atoms with Crippen LogP contribution in [0.25, 0.3) is 11.1 Å². The second kappa shape index (κ2) is 1.80. The number of halogens is 1. The number of fused-ring (bicyclic) bond motifs is 1. The largest absolute Gasteiger partial charge is 0.443 e. The van der Waals surface area contributed by atoms with E-state index in [9.17, 15) is 4.39 Å². The number of nitrogens with zero attached hydrogens (tertiary/aromatic N) is 1. The van der Waals surface area contributed by atoms with E-state index in [0.717, 1.165) is 0 Å². The van der Waals surface area contributed by atoms with E-state index in [4.69, 9.17) is 4.42 Å². The molecule has 0 amide bonds. The highest BCUT2D eigenvalue weighted by Gasteiger charge is 1.97. The second-order valence-electron chi connectivity index (χ2n) is 1.96. The number of hydrogen-bond donors (Lipinski definition) is 0. The van der Waals surface area contributed by atoms with Crippen molar-refractivity contribution >= 4 is 11.1 Å². The van der Waals surface area contributed by atoms with Crippen LogP contribution in [0.4, 0.5) is 4.39 Å². The summed E-state index contributed by atoms with van der Waals surface area (Å²) < 4.78 is 17.3. The van der Waals surface area contributed by atoms with E-state index in [1.807, 2.05) is 0 Å². The maximum atomic E-state index is 12.4. The molecule has 3 heteroatoms. The Bertz CT molecular complexity index is 355. The van der Waals surface area contributed by atoms with E-state index in [1.54, 1.807) is 6.07 Å². The lowest BCUT2D eigenvalue weighted by atomic mass is 10.3. The Morgan fingerprint density at radius 2 is 2.30 bits per heavy atom. The lowest BCUT2D eigenvalue weighted by Crippen LogP contribution is -1.71. The summed E-state index contributed by atoms with van der Waals surface area (Å²) in [6, 6.07) is 4.23. The molecule has 0 radical (unpaired) electrons. The molecule has 0 saturated carbocycles. The Hall–Kier alpha value is -1.38. The van der Waals surface area contributed by atoms with E-state index in [-0.39, 0.29) is 5.82 Å². The Kier molecular flexibility index (Phi) is 0.974. The number of rotatable bonds is 0. The summed E-state index contributed by atoms with van der Waals surface area (Å²) >= 11 is 0. The normalized spacial score (nSPS) is 10.5. The van der Waals surface area contributed by atoms with E-state index < -0.39 is 0 Å². The number of hydrogen-bond acceptors (Lipinski definition) is 2. The molecule has 50 valence electrons. The average molecular weight is 137 g/mol. The van der Waals surface area contributed by atoms with Crippen LogP contribution in [0.5, 0.6) is 0 Å². The molecular weight excluding hydrogens is 133 g/mol. The van der Waals surface area contributed by atoms with Crippen molar-refractivity contribution in [1.82, 2.24) is 4.98 Å². The van der Waals surface area contributed by atoms with Crippen molar-refractivity contribution in [2.75, 3.05) is 0 Å². The van der Waals surface area contributed by atoms with Crippen LogP contribution in [-0.2, 0) is 0 Å². The highest BCUT2D eigenvalue weighted by molar-refractivity contribution is 5.71. The molecule has 0 fully saturated rings. The van der Waals surface area contributed by atoms with Gasteiger partial charge in [-0.1, -0.05) is 0 Å². The molecule has 10 heavy (non-hydrogen) atoms. The predicted molar refractivity (Wildman–Crippen MR) is 34.0 cm³/mol. The molecule has 0 saturated heterocycles. The predicted octanol–water partition coefficient (Wildman–Crippen LogP) is 1.97. The Morgan fingerprint density at radius 1 is 1.40 bits per heavy atom. The molecule has 0 aliphatic carbocycles. The maximum absolute atomic E-state index is 12.4. The summed E-state index contributed by atoms with van der Waals surface area (Å²) in [6.07, 6.45) is 1.30. The Morgan fingerprint density at radius 3 is 3.20 bits per heavy atom. The molecule has 0 unspecified atom stereocenters. The topological polar surface area (TPSA) is 26.0 Å². The molecule has 2 nitrogen and oxygen atoms in total. The van der Waals surface area contributed by atoms with E-state index in [2.05, 4.69) is 4.98 Å². The lowest BCUT2D eigenvalue weighted by molar-refractivity contribution is 0.599. The first-order valence-electron chi connectivity index (χ1n) is 2.85. The maximum Gasteiger partial charge on any atom is 0.181 e. The molecule has 2 aromatic rings. The zero-order valence-electron chi connectivity index (χ0n) is 5.04. The second-order valence-corrected chi connectivity index (χ2v) is 1.96. The minimum Gasteiger partial charge on any atom is -0.443 e. The first-order valence-corrected chi connectivity index (χ1v) is 2.85. The van der Waals surface area contributed by atoms with Crippen LogP contribution in [0.15, 0.2) is 29.0 Å². The smallest absolute Gasteiger partial charge is 0.181 e. The molecule has 2 rings (SSSR count). The van der Waals surface area contributed by atoms with Gasteiger partial charge in [-0.3, -0.25) is 0 Å².